The van der Waals surface area contributed by atoms with Gasteiger partial charge in [-0.2, -0.15) is 9.90 Å². The summed E-state index contributed by atoms with van der Waals surface area (Å²) in [6.45, 7) is 3.35. The van der Waals surface area contributed by atoms with Gasteiger partial charge in [0.15, 0.2) is 5.69 Å². The van der Waals surface area contributed by atoms with Crippen LogP contribution < -0.4 is 0 Å². The highest BCUT2D eigenvalue weighted by molar-refractivity contribution is 7.11. The number of hydrogen-bond donors (Lipinski definition) is 0. The van der Waals surface area contributed by atoms with Crippen LogP contribution in [0.2, 0.25) is 0 Å². The Bertz CT molecular complexity index is 874. The van der Waals surface area contributed by atoms with E-state index in [1.807, 2.05) is 42.2 Å². The number of para-hydroxylation sites is 1. The van der Waals surface area contributed by atoms with Crippen LogP contribution in [0, 0.1) is 6.92 Å². The van der Waals surface area contributed by atoms with E-state index in [0.717, 1.165) is 35.1 Å². The zero-order valence-electron chi connectivity index (χ0n) is 13.9. The summed E-state index contributed by atoms with van der Waals surface area (Å²) in [5.41, 5.74) is 1.21. The molecule has 1 aliphatic rings. The molecule has 0 bridgehead atoms. The summed E-state index contributed by atoms with van der Waals surface area (Å²) < 4.78 is 0. The van der Waals surface area contributed by atoms with Crippen molar-refractivity contribution in [2.75, 3.05) is 13.1 Å². The van der Waals surface area contributed by atoms with E-state index in [0.29, 0.717) is 12.2 Å². The highest BCUT2D eigenvalue weighted by atomic mass is 32.1. The van der Waals surface area contributed by atoms with Crippen LogP contribution in [0.4, 0.5) is 0 Å². The maximum atomic E-state index is 12.8. The van der Waals surface area contributed by atoms with Crippen molar-refractivity contribution in [3.63, 3.8) is 0 Å². The van der Waals surface area contributed by atoms with Crippen molar-refractivity contribution in [3.8, 4) is 5.69 Å². The van der Waals surface area contributed by atoms with E-state index < -0.39 is 0 Å². The van der Waals surface area contributed by atoms with E-state index >= 15 is 0 Å². The lowest BCUT2D eigenvalue weighted by Gasteiger charge is -2.31. The van der Waals surface area contributed by atoms with Gasteiger partial charge in [0.1, 0.15) is 10.0 Å². The number of nitrogens with zero attached hydrogens (tertiary/aromatic N) is 6. The van der Waals surface area contributed by atoms with Crippen molar-refractivity contribution >= 4 is 17.2 Å². The molecular weight excluding hydrogens is 336 g/mol. The SMILES string of the molecule is Cc1nnc(C2CCCN(C(=O)c3cnn(-c4ccccc4)n3)C2)s1. The first-order valence-corrected chi connectivity index (χ1v) is 9.09. The number of aryl methyl sites for hydroxylation is 1. The minimum atomic E-state index is -0.0758. The number of rotatable bonds is 3. The summed E-state index contributed by atoms with van der Waals surface area (Å²) in [6.07, 6.45) is 3.53. The maximum absolute atomic E-state index is 12.8. The molecule has 0 radical (unpaired) electrons. The molecule has 8 heteroatoms. The number of benzene rings is 1. The Hall–Kier alpha value is -2.61. The first-order valence-electron chi connectivity index (χ1n) is 8.28. The van der Waals surface area contributed by atoms with Crippen molar-refractivity contribution in [2.24, 2.45) is 0 Å². The molecular formula is C17H18N6OS. The quantitative estimate of drug-likeness (QED) is 0.722. The fourth-order valence-corrected chi connectivity index (χ4v) is 3.87. The minimum Gasteiger partial charge on any atom is -0.336 e. The number of hydrogen-bond acceptors (Lipinski definition) is 6. The molecule has 0 spiro atoms. The zero-order valence-corrected chi connectivity index (χ0v) is 14.7. The molecule has 4 rings (SSSR count). The Morgan fingerprint density at radius 3 is 2.84 bits per heavy atom. The second kappa shape index (κ2) is 6.72. The molecule has 25 heavy (non-hydrogen) atoms. The lowest BCUT2D eigenvalue weighted by atomic mass is 9.98. The summed E-state index contributed by atoms with van der Waals surface area (Å²) in [4.78, 5) is 16.1. The van der Waals surface area contributed by atoms with Crippen molar-refractivity contribution in [2.45, 2.75) is 25.7 Å². The van der Waals surface area contributed by atoms with Crippen molar-refractivity contribution < 1.29 is 4.79 Å². The molecule has 1 aliphatic heterocycles. The van der Waals surface area contributed by atoms with Gasteiger partial charge in [-0.1, -0.05) is 18.2 Å². The average Bonchev–Trinajstić information content (AvgIpc) is 3.31. The van der Waals surface area contributed by atoms with Crippen LogP contribution in [0.3, 0.4) is 0 Å². The van der Waals surface area contributed by atoms with E-state index in [1.165, 1.54) is 11.0 Å². The molecule has 0 saturated carbocycles. The first kappa shape index (κ1) is 15.9. The second-order valence-electron chi connectivity index (χ2n) is 6.10. The summed E-state index contributed by atoms with van der Waals surface area (Å²) in [5.74, 6) is 0.182. The van der Waals surface area contributed by atoms with Crippen LogP contribution in [0.5, 0.6) is 0 Å². The normalized spacial score (nSPS) is 17.6. The third-order valence-corrected chi connectivity index (χ3v) is 5.30. The third-order valence-electron chi connectivity index (χ3n) is 4.30. The van der Waals surface area contributed by atoms with Crippen molar-refractivity contribution in [1.29, 1.82) is 0 Å². The van der Waals surface area contributed by atoms with E-state index in [1.54, 1.807) is 11.3 Å². The first-order chi connectivity index (χ1) is 12.2. The van der Waals surface area contributed by atoms with Gasteiger partial charge in [-0.25, -0.2) is 0 Å². The van der Waals surface area contributed by atoms with Gasteiger partial charge in [-0.15, -0.1) is 26.6 Å². The van der Waals surface area contributed by atoms with Crippen LogP contribution in [-0.4, -0.2) is 49.1 Å². The monoisotopic (exact) mass is 354 g/mol. The molecule has 0 aliphatic carbocycles. The van der Waals surface area contributed by atoms with Gasteiger partial charge in [0, 0.05) is 19.0 Å². The van der Waals surface area contributed by atoms with Crippen LogP contribution in [0.25, 0.3) is 5.69 Å². The highest BCUT2D eigenvalue weighted by Crippen LogP contribution is 2.29. The standard InChI is InChI=1S/C17H18N6OS/c1-12-19-20-16(25-12)13-6-5-9-22(11-13)17(24)15-10-18-23(21-15)14-7-3-2-4-8-14/h2-4,7-8,10,13H,5-6,9,11H2,1H3. The molecule has 1 aromatic carbocycles. The van der Waals surface area contributed by atoms with Crippen molar-refractivity contribution in [1.82, 2.24) is 30.1 Å². The molecule has 128 valence electrons. The number of amides is 1. The summed E-state index contributed by atoms with van der Waals surface area (Å²) in [7, 11) is 0. The molecule has 1 saturated heterocycles. The van der Waals surface area contributed by atoms with Gasteiger partial charge in [0.25, 0.3) is 5.91 Å². The zero-order chi connectivity index (χ0) is 17.2. The van der Waals surface area contributed by atoms with Crippen LogP contribution in [0.1, 0.15) is 39.3 Å². The molecule has 2 aromatic heterocycles. The summed E-state index contributed by atoms with van der Waals surface area (Å²) >= 11 is 1.61. The van der Waals surface area contributed by atoms with Gasteiger partial charge in [-0.05, 0) is 31.9 Å². The van der Waals surface area contributed by atoms with Gasteiger partial charge in [0.2, 0.25) is 0 Å². The fraction of sp³-hybridized carbons (Fsp3) is 0.353. The largest absolute Gasteiger partial charge is 0.336 e. The van der Waals surface area contributed by atoms with E-state index in [9.17, 15) is 4.79 Å². The number of carbonyl (C=O) groups excluding carboxylic acids is 1. The summed E-state index contributed by atoms with van der Waals surface area (Å²) in [6, 6.07) is 9.58. The third kappa shape index (κ3) is 3.30. The van der Waals surface area contributed by atoms with E-state index in [4.69, 9.17) is 0 Å². The van der Waals surface area contributed by atoms with Gasteiger partial charge in [0.05, 0.1) is 11.9 Å². The van der Waals surface area contributed by atoms with Gasteiger partial charge in [-0.3, -0.25) is 4.79 Å². The molecule has 0 N–H and O–H groups in total. The Morgan fingerprint density at radius 2 is 2.08 bits per heavy atom. The Morgan fingerprint density at radius 1 is 1.24 bits per heavy atom. The van der Waals surface area contributed by atoms with Crippen LogP contribution >= 0.6 is 11.3 Å². The molecule has 1 atom stereocenters. The van der Waals surface area contributed by atoms with E-state index in [2.05, 4.69) is 20.4 Å². The molecule has 1 fully saturated rings. The fourth-order valence-electron chi connectivity index (χ4n) is 3.05. The molecule has 3 heterocycles. The molecule has 3 aromatic rings. The lowest BCUT2D eigenvalue weighted by Crippen LogP contribution is -2.39. The van der Waals surface area contributed by atoms with Crippen LogP contribution in [0.15, 0.2) is 36.5 Å². The van der Waals surface area contributed by atoms with Gasteiger partial charge < -0.3 is 4.90 Å². The lowest BCUT2D eigenvalue weighted by molar-refractivity contribution is 0.0700. The maximum Gasteiger partial charge on any atom is 0.276 e. The number of carbonyl (C=O) groups is 1. The minimum absolute atomic E-state index is 0.0758. The Labute approximate surface area is 149 Å². The van der Waals surface area contributed by atoms with Crippen molar-refractivity contribution in [3.05, 3.63) is 52.2 Å². The number of likely N-dealkylation sites (tertiary alicyclic amines) is 1. The average molecular weight is 354 g/mol. The molecule has 1 amide bonds. The Balaban J connectivity index is 1.50. The topological polar surface area (TPSA) is 76.8 Å². The van der Waals surface area contributed by atoms with Gasteiger partial charge >= 0.3 is 0 Å². The van der Waals surface area contributed by atoms with E-state index in [-0.39, 0.29) is 11.8 Å². The number of piperidine rings is 1. The smallest absolute Gasteiger partial charge is 0.276 e. The highest BCUT2D eigenvalue weighted by Gasteiger charge is 2.28. The summed E-state index contributed by atoms with van der Waals surface area (Å²) in [5, 5.41) is 18.9. The van der Waals surface area contributed by atoms with Crippen LogP contribution in [-0.2, 0) is 0 Å². The molecule has 7 nitrogen and oxygen atoms in total. The Kier molecular flexibility index (Phi) is 4.27. The number of aromatic nitrogens is 5. The second-order valence-corrected chi connectivity index (χ2v) is 7.32. The molecule has 1 unspecified atom stereocenters. The predicted octanol–water partition coefficient (Wildman–Crippen LogP) is 2.45. The predicted molar refractivity (Wildman–Crippen MR) is 93.9 cm³/mol.